The molecule has 1 aromatic heterocycles. The van der Waals surface area contributed by atoms with Gasteiger partial charge in [-0.05, 0) is 37.3 Å². The standard InChI is InChI=1S/C18H22N6O/c25-17(23-10-6-13(7-11-23)16-19-21-22-20-16)24-12-18(8-3-9-18)14-4-1-2-5-15(14)24/h1-2,4-5,13H,3,6-12H2,(H,19,20,21,22). The van der Waals surface area contributed by atoms with Crippen molar-refractivity contribution in [3.63, 3.8) is 0 Å². The molecule has 0 radical (unpaired) electrons. The van der Waals surface area contributed by atoms with Crippen molar-refractivity contribution in [2.45, 2.75) is 43.4 Å². The molecule has 130 valence electrons. The molecule has 2 fully saturated rings. The van der Waals surface area contributed by atoms with Gasteiger partial charge in [0.15, 0.2) is 5.82 Å². The Kier molecular flexibility index (Phi) is 3.29. The lowest BCUT2D eigenvalue weighted by atomic mass is 9.66. The molecule has 2 aromatic rings. The Morgan fingerprint density at radius 1 is 1.20 bits per heavy atom. The topological polar surface area (TPSA) is 78.0 Å². The van der Waals surface area contributed by atoms with Gasteiger partial charge in [0.05, 0.1) is 0 Å². The Hall–Kier alpha value is -2.44. The Bertz CT molecular complexity index is 777. The predicted octanol–water partition coefficient (Wildman–Crippen LogP) is 2.44. The molecule has 1 aromatic carbocycles. The molecular weight excluding hydrogens is 316 g/mol. The summed E-state index contributed by atoms with van der Waals surface area (Å²) in [6, 6.07) is 8.61. The molecule has 2 amide bonds. The molecule has 0 unspecified atom stereocenters. The van der Waals surface area contributed by atoms with Gasteiger partial charge in [0.2, 0.25) is 0 Å². The van der Waals surface area contributed by atoms with Crippen LogP contribution in [-0.2, 0) is 5.41 Å². The minimum Gasteiger partial charge on any atom is -0.324 e. The van der Waals surface area contributed by atoms with Crippen molar-refractivity contribution in [3.05, 3.63) is 35.7 Å². The SMILES string of the molecule is O=C(N1CCC(c2nn[nH]n2)CC1)N1CC2(CCC2)c2ccccc21. The van der Waals surface area contributed by atoms with Crippen LogP contribution in [-0.4, -0.2) is 51.2 Å². The zero-order valence-electron chi connectivity index (χ0n) is 14.2. The quantitative estimate of drug-likeness (QED) is 0.866. The number of para-hydroxylation sites is 1. The summed E-state index contributed by atoms with van der Waals surface area (Å²) in [5, 5.41) is 14.4. The van der Waals surface area contributed by atoms with E-state index in [-0.39, 0.29) is 11.4 Å². The first-order chi connectivity index (χ1) is 12.3. The van der Waals surface area contributed by atoms with E-state index < -0.39 is 0 Å². The highest BCUT2D eigenvalue weighted by atomic mass is 16.2. The van der Waals surface area contributed by atoms with Crippen molar-refractivity contribution in [3.8, 4) is 0 Å². The van der Waals surface area contributed by atoms with Crippen molar-refractivity contribution in [1.29, 1.82) is 0 Å². The lowest BCUT2D eigenvalue weighted by Crippen LogP contribution is -2.49. The van der Waals surface area contributed by atoms with Crippen LogP contribution in [0.25, 0.3) is 0 Å². The summed E-state index contributed by atoms with van der Waals surface area (Å²) in [5.41, 5.74) is 2.71. The minimum atomic E-state index is 0.155. The average Bonchev–Trinajstić information content (AvgIpc) is 3.27. The maximum absolute atomic E-state index is 13.2. The molecule has 0 atom stereocenters. The Balaban J connectivity index is 1.32. The summed E-state index contributed by atoms with van der Waals surface area (Å²) in [6.45, 7) is 2.35. The molecule has 1 N–H and O–H groups in total. The number of aromatic amines is 1. The second-order valence-electron chi connectivity index (χ2n) is 7.55. The van der Waals surface area contributed by atoms with E-state index in [0.29, 0.717) is 5.92 Å². The largest absolute Gasteiger partial charge is 0.324 e. The molecular formula is C18H22N6O. The van der Waals surface area contributed by atoms with Crippen LogP contribution >= 0.6 is 0 Å². The van der Waals surface area contributed by atoms with Crippen molar-refractivity contribution >= 4 is 11.7 Å². The van der Waals surface area contributed by atoms with Crippen LogP contribution in [0.2, 0.25) is 0 Å². The lowest BCUT2D eigenvalue weighted by molar-refractivity contribution is 0.183. The lowest BCUT2D eigenvalue weighted by Gasteiger charge is -2.39. The number of rotatable bonds is 1. The third kappa shape index (κ3) is 2.25. The first-order valence-corrected chi connectivity index (χ1v) is 9.16. The molecule has 7 heteroatoms. The van der Waals surface area contributed by atoms with Crippen LogP contribution in [0.1, 0.15) is 49.4 Å². The summed E-state index contributed by atoms with van der Waals surface area (Å²) in [5.74, 6) is 1.07. The average molecular weight is 338 g/mol. The maximum Gasteiger partial charge on any atom is 0.324 e. The van der Waals surface area contributed by atoms with Crippen LogP contribution in [0.3, 0.4) is 0 Å². The highest BCUT2D eigenvalue weighted by Gasteiger charge is 2.49. The van der Waals surface area contributed by atoms with Gasteiger partial charge in [-0.15, -0.1) is 10.2 Å². The van der Waals surface area contributed by atoms with Gasteiger partial charge in [-0.25, -0.2) is 4.79 Å². The molecule has 7 nitrogen and oxygen atoms in total. The Morgan fingerprint density at radius 2 is 2.00 bits per heavy atom. The van der Waals surface area contributed by atoms with Gasteiger partial charge in [-0.1, -0.05) is 29.8 Å². The van der Waals surface area contributed by atoms with E-state index in [1.54, 1.807) is 0 Å². The molecule has 3 aliphatic rings. The van der Waals surface area contributed by atoms with Crippen LogP contribution in [0.5, 0.6) is 0 Å². The molecule has 5 rings (SSSR count). The number of H-pyrrole nitrogens is 1. The number of likely N-dealkylation sites (tertiary alicyclic amines) is 1. The van der Waals surface area contributed by atoms with E-state index in [4.69, 9.17) is 0 Å². The molecule has 1 aliphatic carbocycles. The molecule has 0 bridgehead atoms. The van der Waals surface area contributed by atoms with Gasteiger partial charge in [-0.2, -0.15) is 5.21 Å². The maximum atomic E-state index is 13.2. The smallest absolute Gasteiger partial charge is 0.324 e. The summed E-state index contributed by atoms with van der Waals surface area (Å²) in [6.07, 6.45) is 5.46. The fraction of sp³-hybridized carbons (Fsp3) is 0.556. The van der Waals surface area contributed by atoms with Gasteiger partial charge in [0.1, 0.15) is 0 Å². The van der Waals surface area contributed by atoms with E-state index >= 15 is 0 Å². The number of piperidine rings is 1. The van der Waals surface area contributed by atoms with Crippen molar-refractivity contribution in [2.24, 2.45) is 0 Å². The van der Waals surface area contributed by atoms with E-state index in [0.717, 1.165) is 44.0 Å². The first kappa shape index (κ1) is 14.9. The Morgan fingerprint density at radius 3 is 2.68 bits per heavy atom. The van der Waals surface area contributed by atoms with Gasteiger partial charge >= 0.3 is 6.03 Å². The zero-order chi connectivity index (χ0) is 16.9. The van der Waals surface area contributed by atoms with E-state index in [1.807, 2.05) is 15.9 Å². The van der Waals surface area contributed by atoms with Gasteiger partial charge in [-0.3, -0.25) is 4.90 Å². The van der Waals surface area contributed by atoms with Crippen LogP contribution < -0.4 is 4.90 Å². The molecule has 1 saturated carbocycles. The molecule has 1 saturated heterocycles. The third-order valence-electron chi connectivity index (χ3n) is 6.26. The summed E-state index contributed by atoms with van der Waals surface area (Å²) < 4.78 is 0. The zero-order valence-corrected chi connectivity index (χ0v) is 14.2. The monoisotopic (exact) mass is 338 g/mol. The normalized spacial score (nSPS) is 22.1. The van der Waals surface area contributed by atoms with Gasteiger partial charge < -0.3 is 4.90 Å². The van der Waals surface area contributed by atoms with Crippen LogP contribution in [0.15, 0.2) is 24.3 Å². The summed E-state index contributed by atoms with van der Waals surface area (Å²) >= 11 is 0. The second-order valence-corrected chi connectivity index (χ2v) is 7.55. The van der Waals surface area contributed by atoms with Gasteiger partial charge in [0.25, 0.3) is 0 Å². The number of carbonyl (C=O) groups is 1. The first-order valence-electron chi connectivity index (χ1n) is 9.16. The van der Waals surface area contributed by atoms with Crippen LogP contribution in [0, 0.1) is 0 Å². The fourth-order valence-corrected chi connectivity index (χ4v) is 4.67. The number of anilines is 1. The van der Waals surface area contributed by atoms with Gasteiger partial charge in [0, 0.05) is 36.7 Å². The van der Waals surface area contributed by atoms with Crippen molar-refractivity contribution in [1.82, 2.24) is 25.5 Å². The van der Waals surface area contributed by atoms with Crippen molar-refractivity contribution in [2.75, 3.05) is 24.5 Å². The molecule has 2 aliphatic heterocycles. The Labute approximate surface area is 146 Å². The molecule has 3 heterocycles. The van der Waals surface area contributed by atoms with Crippen LogP contribution in [0.4, 0.5) is 10.5 Å². The fourth-order valence-electron chi connectivity index (χ4n) is 4.67. The number of nitrogens with zero attached hydrogens (tertiary/aromatic N) is 5. The van der Waals surface area contributed by atoms with E-state index in [1.165, 1.54) is 24.8 Å². The highest BCUT2D eigenvalue weighted by Crippen LogP contribution is 2.52. The predicted molar refractivity (Wildman–Crippen MR) is 92.4 cm³/mol. The molecule has 25 heavy (non-hydrogen) atoms. The highest BCUT2D eigenvalue weighted by molar-refractivity contribution is 5.95. The summed E-state index contributed by atoms with van der Waals surface area (Å²) in [4.78, 5) is 17.2. The van der Waals surface area contributed by atoms with Crippen molar-refractivity contribution < 1.29 is 4.79 Å². The van der Waals surface area contributed by atoms with E-state index in [2.05, 4.69) is 38.8 Å². The molecule has 1 spiro atoms. The number of tetrazole rings is 1. The number of benzene rings is 1. The number of aromatic nitrogens is 4. The number of hydrogen-bond donors (Lipinski definition) is 1. The number of amides is 2. The third-order valence-corrected chi connectivity index (χ3v) is 6.26. The second kappa shape index (κ2) is 5.54. The number of urea groups is 1. The van der Waals surface area contributed by atoms with E-state index in [9.17, 15) is 4.79 Å². The number of carbonyl (C=O) groups excluding carboxylic acids is 1. The number of fused-ring (bicyclic) bond motifs is 2. The summed E-state index contributed by atoms with van der Waals surface area (Å²) in [7, 11) is 0. The number of nitrogens with one attached hydrogen (secondary N) is 1. The minimum absolute atomic E-state index is 0.155. The number of hydrogen-bond acceptors (Lipinski definition) is 4.